The Balaban J connectivity index is 2.15. The van der Waals surface area contributed by atoms with Gasteiger partial charge in [0.2, 0.25) is 0 Å². The van der Waals surface area contributed by atoms with Gasteiger partial charge in [0.05, 0.1) is 4.47 Å². The summed E-state index contributed by atoms with van der Waals surface area (Å²) in [5.41, 5.74) is 7.20. The number of para-hydroxylation sites is 1. The molecule has 0 heterocycles. The number of hydrogen-bond acceptors (Lipinski definition) is 2. The summed E-state index contributed by atoms with van der Waals surface area (Å²) in [5, 5.41) is 0. The lowest BCUT2D eigenvalue weighted by molar-refractivity contribution is 0.479. The summed E-state index contributed by atoms with van der Waals surface area (Å²) in [5.74, 6) is 1.61. The van der Waals surface area contributed by atoms with Gasteiger partial charge in [-0.2, -0.15) is 0 Å². The molecule has 0 aliphatic carbocycles. The molecule has 20 heavy (non-hydrogen) atoms. The minimum atomic E-state index is 0.196. The molecule has 0 saturated heterocycles. The van der Waals surface area contributed by atoms with Crippen molar-refractivity contribution in [2.24, 2.45) is 5.73 Å². The number of rotatable bonds is 5. The van der Waals surface area contributed by atoms with Crippen LogP contribution in [0.2, 0.25) is 0 Å². The zero-order valence-electron chi connectivity index (χ0n) is 11.3. The second-order valence-corrected chi connectivity index (χ2v) is 6.37. The van der Waals surface area contributed by atoms with Crippen molar-refractivity contribution in [1.29, 1.82) is 0 Å². The summed E-state index contributed by atoms with van der Waals surface area (Å²) in [6.45, 7) is 2.10. The van der Waals surface area contributed by atoms with Gasteiger partial charge in [-0.05, 0) is 58.6 Å². The van der Waals surface area contributed by atoms with E-state index in [4.69, 9.17) is 10.5 Å². The highest BCUT2D eigenvalue weighted by molar-refractivity contribution is 9.10. The topological polar surface area (TPSA) is 35.2 Å². The van der Waals surface area contributed by atoms with E-state index in [1.54, 1.807) is 0 Å². The van der Waals surface area contributed by atoms with Crippen LogP contribution in [0.3, 0.4) is 0 Å². The Morgan fingerprint density at radius 1 is 1.10 bits per heavy atom. The lowest BCUT2D eigenvalue weighted by Gasteiger charge is -2.12. The van der Waals surface area contributed by atoms with Crippen LogP contribution in [0.5, 0.6) is 11.5 Å². The predicted molar refractivity (Wildman–Crippen MR) is 90.3 cm³/mol. The molecule has 2 rings (SSSR count). The monoisotopic (exact) mass is 397 g/mol. The van der Waals surface area contributed by atoms with Crippen LogP contribution in [0.1, 0.15) is 18.9 Å². The first kappa shape index (κ1) is 15.5. The van der Waals surface area contributed by atoms with Crippen molar-refractivity contribution in [1.82, 2.24) is 0 Å². The molecule has 0 aliphatic heterocycles. The number of benzene rings is 2. The molecule has 4 heteroatoms. The molecule has 2 nitrogen and oxygen atoms in total. The van der Waals surface area contributed by atoms with Crippen molar-refractivity contribution >= 4 is 31.9 Å². The summed E-state index contributed by atoms with van der Waals surface area (Å²) in [4.78, 5) is 0. The Labute approximate surface area is 136 Å². The van der Waals surface area contributed by atoms with E-state index in [1.165, 1.54) is 5.56 Å². The fourth-order valence-electron chi connectivity index (χ4n) is 1.84. The van der Waals surface area contributed by atoms with Crippen LogP contribution in [-0.2, 0) is 6.42 Å². The van der Waals surface area contributed by atoms with Crippen LogP contribution in [0, 0.1) is 0 Å². The van der Waals surface area contributed by atoms with Gasteiger partial charge in [0.25, 0.3) is 0 Å². The minimum Gasteiger partial charge on any atom is -0.456 e. The molecule has 0 saturated carbocycles. The van der Waals surface area contributed by atoms with Crippen molar-refractivity contribution in [2.75, 3.05) is 0 Å². The maximum atomic E-state index is 6.00. The molecule has 0 amide bonds. The second kappa shape index (κ2) is 7.25. The first-order valence-electron chi connectivity index (χ1n) is 6.56. The van der Waals surface area contributed by atoms with Crippen molar-refractivity contribution in [3.05, 3.63) is 57.0 Å². The summed E-state index contributed by atoms with van der Waals surface area (Å²) >= 11 is 7.06. The Kier molecular flexibility index (Phi) is 5.64. The lowest BCUT2D eigenvalue weighted by Crippen LogP contribution is -2.21. The van der Waals surface area contributed by atoms with Crippen LogP contribution >= 0.6 is 31.9 Å². The van der Waals surface area contributed by atoms with E-state index in [0.29, 0.717) is 0 Å². The first-order valence-corrected chi connectivity index (χ1v) is 8.15. The maximum Gasteiger partial charge on any atom is 0.141 e. The van der Waals surface area contributed by atoms with E-state index in [0.717, 1.165) is 33.3 Å². The second-order valence-electron chi connectivity index (χ2n) is 4.66. The third-order valence-corrected chi connectivity index (χ3v) is 4.49. The van der Waals surface area contributed by atoms with E-state index < -0.39 is 0 Å². The van der Waals surface area contributed by atoms with E-state index in [-0.39, 0.29) is 6.04 Å². The van der Waals surface area contributed by atoms with Crippen molar-refractivity contribution in [3.8, 4) is 11.5 Å². The Morgan fingerprint density at radius 3 is 2.50 bits per heavy atom. The molecule has 106 valence electrons. The highest BCUT2D eigenvalue weighted by atomic mass is 79.9. The number of halogens is 2. The third-order valence-electron chi connectivity index (χ3n) is 3.10. The van der Waals surface area contributed by atoms with Gasteiger partial charge < -0.3 is 10.5 Å². The smallest absolute Gasteiger partial charge is 0.141 e. The summed E-state index contributed by atoms with van der Waals surface area (Å²) in [6.07, 6.45) is 1.84. The maximum absolute atomic E-state index is 6.00. The molecule has 0 aliphatic rings. The Bertz CT molecular complexity index is 586. The van der Waals surface area contributed by atoms with Gasteiger partial charge in [0.15, 0.2) is 0 Å². The minimum absolute atomic E-state index is 0.196. The highest BCUT2D eigenvalue weighted by Gasteiger charge is 2.08. The zero-order valence-corrected chi connectivity index (χ0v) is 14.4. The normalized spacial score (nSPS) is 12.2. The van der Waals surface area contributed by atoms with E-state index in [2.05, 4.69) is 44.8 Å². The van der Waals surface area contributed by atoms with Gasteiger partial charge in [-0.1, -0.05) is 41.1 Å². The van der Waals surface area contributed by atoms with Crippen molar-refractivity contribution < 1.29 is 4.74 Å². The number of ether oxygens (including phenoxy) is 1. The number of hydrogen-bond donors (Lipinski definition) is 1. The molecule has 2 aromatic rings. The first-order chi connectivity index (χ1) is 9.60. The van der Waals surface area contributed by atoms with Gasteiger partial charge in [0, 0.05) is 10.5 Å². The lowest BCUT2D eigenvalue weighted by atomic mass is 10.0. The Hall–Kier alpha value is -0.840. The molecular formula is C16H17Br2NO. The van der Waals surface area contributed by atoms with Crippen LogP contribution in [0.15, 0.2) is 51.4 Å². The fourth-order valence-corrected chi connectivity index (χ4v) is 2.72. The molecule has 1 atom stereocenters. The molecule has 1 unspecified atom stereocenters. The quantitative estimate of drug-likeness (QED) is 0.743. The van der Waals surface area contributed by atoms with Gasteiger partial charge in [-0.3, -0.25) is 0 Å². The molecule has 0 aromatic heterocycles. The molecule has 2 N–H and O–H groups in total. The van der Waals surface area contributed by atoms with Crippen molar-refractivity contribution in [3.63, 3.8) is 0 Å². The van der Waals surface area contributed by atoms with Gasteiger partial charge >= 0.3 is 0 Å². The van der Waals surface area contributed by atoms with E-state index in [1.807, 2.05) is 36.4 Å². The van der Waals surface area contributed by atoms with Crippen molar-refractivity contribution in [2.45, 2.75) is 25.8 Å². The zero-order chi connectivity index (χ0) is 14.5. The highest BCUT2D eigenvalue weighted by Crippen LogP contribution is 2.31. The SMILES string of the molecule is CCC(N)Cc1ccc(Oc2ccccc2Br)cc1Br. The predicted octanol–water partition coefficient (Wildman–Crippen LogP) is 5.28. The van der Waals surface area contributed by atoms with E-state index in [9.17, 15) is 0 Å². The van der Waals surface area contributed by atoms with Gasteiger partial charge in [0.1, 0.15) is 11.5 Å². The van der Waals surface area contributed by atoms with Crippen LogP contribution in [0.25, 0.3) is 0 Å². The molecule has 0 spiro atoms. The Morgan fingerprint density at radius 2 is 1.85 bits per heavy atom. The van der Waals surface area contributed by atoms with Crippen LogP contribution in [-0.4, -0.2) is 6.04 Å². The average molecular weight is 399 g/mol. The largest absolute Gasteiger partial charge is 0.456 e. The molecular weight excluding hydrogens is 382 g/mol. The average Bonchev–Trinajstić information content (AvgIpc) is 2.44. The van der Waals surface area contributed by atoms with Crippen LogP contribution < -0.4 is 10.5 Å². The van der Waals surface area contributed by atoms with Gasteiger partial charge in [-0.15, -0.1) is 0 Å². The molecule has 2 aromatic carbocycles. The number of nitrogens with two attached hydrogens (primary N) is 1. The molecule has 0 fully saturated rings. The van der Waals surface area contributed by atoms with Gasteiger partial charge in [-0.25, -0.2) is 0 Å². The summed E-state index contributed by atoms with van der Waals surface area (Å²) in [6, 6.07) is 14.0. The summed E-state index contributed by atoms with van der Waals surface area (Å²) in [7, 11) is 0. The van der Waals surface area contributed by atoms with E-state index >= 15 is 0 Å². The third kappa shape index (κ3) is 4.08. The molecule has 0 bridgehead atoms. The molecule has 0 radical (unpaired) electrons. The standard InChI is InChI=1S/C16H17Br2NO/c1-2-12(19)9-11-7-8-13(10-15(11)18)20-16-6-4-3-5-14(16)17/h3-8,10,12H,2,9,19H2,1H3. The summed E-state index contributed by atoms with van der Waals surface area (Å²) < 4.78 is 7.84. The van der Waals surface area contributed by atoms with Crippen LogP contribution in [0.4, 0.5) is 0 Å². The fraction of sp³-hybridized carbons (Fsp3) is 0.250.